The molecular weight excluding hydrogens is 410 g/mol. The molecule has 2 aromatic heterocycles. The van der Waals surface area contributed by atoms with Gasteiger partial charge in [-0.15, -0.1) is 0 Å². The Morgan fingerprint density at radius 3 is 2.65 bits per heavy atom. The highest BCUT2D eigenvalue weighted by atomic mass is 32.1. The van der Waals surface area contributed by atoms with Crippen molar-refractivity contribution in [1.29, 1.82) is 0 Å². The summed E-state index contributed by atoms with van der Waals surface area (Å²) < 4.78 is 14.3. The molecule has 0 bridgehead atoms. The molecule has 0 atom stereocenters. The van der Waals surface area contributed by atoms with E-state index in [1.807, 2.05) is 77.2 Å². The smallest absolute Gasteiger partial charge is 0.240 e. The maximum Gasteiger partial charge on any atom is 0.240 e. The maximum absolute atomic E-state index is 6.05. The molecule has 0 aliphatic heterocycles. The van der Waals surface area contributed by atoms with Gasteiger partial charge in [-0.05, 0) is 35.9 Å². The summed E-state index contributed by atoms with van der Waals surface area (Å²) in [7, 11) is 1.65. The lowest BCUT2D eigenvalue weighted by Gasteiger charge is -2.08. The number of fused-ring (bicyclic) bond motifs is 3. The van der Waals surface area contributed by atoms with Crippen LogP contribution in [0.3, 0.4) is 0 Å². The number of nitrogens with zero attached hydrogens (tertiary/aromatic N) is 4. The molecule has 2 N–H and O–H groups in total. The van der Waals surface area contributed by atoms with Crippen molar-refractivity contribution in [3.8, 4) is 11.5 Å². The normalized spacial score (nSPS) is 11.8. The van der Waals surface area contributed by atoms with E-state index in [9.17, 15) is 0 Å². The number of rotatable bonds is 5. The van der Waals surface area contributed by atoms with E-state index >= 15 is 0 Å². The van der Waals surface area contributed by atoms with Crippen molar-refractivity contribution >= 4 is 38.2 Å². The Morgan fingerprint density at radius 1 is 1.00 bits per heavy atom. The van der Waals surface area contributed by atoms with Gasteiger partial charge in [0.05, 0.1) is 17.3 Å². The zero-order valence-corrected chi connectivity index (χ0v) is 17.5. The molecule has 31 heavy (non-hydrogen) atoms. The van der Waals surface area contributed by atoms with Gasteiger partial charge < -0.3 is 15.2 Å². The summed E-state index contributed by atoms with van der Waals surface area (Å²) in [5.74, 6) is 1.61. The Labute approximate surface area is 182 Å². The number of para-hydroxylation sites is 2. The SMILES string of the molecule is COc1ccc2c(c1)sc1nc(N)n/c(=N\c3ccccc3OCc3ccccc3)n12. The molecule has 0 radical (unpaired) electrons. The van der Waals surface area contributed by atoms with Crippen molar-refractivity contribution in [2.75, 3.05) is 12.8 Å². The molecular formula is C23H19N5O2S. The number of hydrogen-bond donors (Lipinski definition) is 1. The standard InChI is InChI=1S/C23H19N5O2S/c1-29-16-11-12-18-20(13-16)31-23-27-21(24)26-22(28(18)23)25-17-9-5-6-10-19(17)30-14-15-7-3-2-4-8-15/h2-13H,14H2,1H3,(H2,24,25,26). The Bertz CT molecular complexity index is 1440. The van der Waals surface area contributed by atoms with Crippen LogP contribution >= 0.6 is 11.3 Å². The first-order valence-corrected chi connectivity index (χ1v) is 10.5. The van der Waals surface area contributed by atoms with E-state index in [0.717, 1.165) is 21.5 Å². The lowest BCUT2D eigenvalue weighted by Crippen LogP contribution is -2.20. The molecule has 154 valence electrons. The fourth-order valence-corrected chi connectivity index (χ4v) is 4.31. The number of nitrogen functional groups attached to an aromatic ring is 1. The van der Waals surface area contributed by atoms with Crippen LogP contribution in [0.4, 0.5) is 11.6 Å². The summed E-state index contributed by atoms with van der Waals surface area (Å²) in [5.41, 5.74) is 9.10. The summed E-state index contributed by atoms with van der Waals surface area (Å²) in [4.78, 5) is 14.3. The highest BCUT2D eigenvalue weighted by Gasteiger charge is 2.11. The maximum atomic E-state index is 6.05. The number of thiazole rings is 1. The van der Waals surface area contributed by atoms with Gasteiger partial charge >= 0.3 is 0 Å². The van der Waals surface area contributed by atoms with Gasteiger partial charge in [-0.2, -0.15) is 9.97 Å². The van der Waals surface area contributed by atoms with Crippen LogP contribution in [0.25, 0.3) is 15.2 Å². The molecule has 0 spiro atoms. The van der Waals surface area contributed by atoms with Crippen LogP contribution in [0, 0.1) is 0 Å². The largest absolute Gasteiger partial charge is 0.497 e. The molecule has 5 aromatic rings. The summed E-state index contributed by atoms with van der Waals surface area (Å²) in [5, 5.41) is 0. The second-order valence-electron chi connectivity index (χ2n) is 6.79. The first kappa shape index (κ1) is 19.1. The Kier molecular flexibility index (Phi) is 4.97. The molecule has 0 unspecified atom stereocenters. The van der Waals surface area contributed by atoms with Gasteiger partial charge in [0.1, 0.15) is 23.8 Å². The molecule has 0 saturated heterocycles. The van der Waals surface area contributed by atoms with Crippen molar-refractivity contribution in [3.05, 3.63) is 84.0 Å². The highest BCUT2D eigenvalue weighted by Crippen LogP contribution is 2.29. The summed E-state index contributed by atoms with van der Waals surface area (Å²) >= 11 is 1.50. The van der Waals surface area contributed by atoms with Crippen LogP contribution in [-0.4, -0.2) is 21.5 Å². The van der Waals surface area contributed by atoms with Crippen molar-refractivity contribution < 1.29 is 9.47 Å². The summed E-state index contributed by atoms with van der Waals surface area (Å²) in [6.07, 6.45) is 0. The lowest BCUT2D eigenvalue weighted by molar-refractivity contribution is 0.307. The number of ether oxygens (including phenoxy) is 2. The van der Waals surface area contributed by atoms with E-state index in [4.69, 9.17) is 20.2 Å². The predicted molar refractivity (Wildman–Crippen MR) is 122 cm³/mol. The van der Waals surface area contributed by atoms with Gasteiger partial charge in [-0.3, -0.25) is 4.40 Å². The van der Waals surface area contributed by atoms with Gasteiger partial charge in [-0.1, -0.05) is 53.8 Å². The van der Waals surface area contributed by atoms with Crippen molar-refractivity contribution in [1.82, 2.24) is 14.4 Å². The van der Waals surface area contributed by atoms with Crippen LogP contribution < -0.4 is 20.8 Å². The zero-order valence-electron chi connectivity index (χ0n) is 16.7. The third kappa shape index (κ3) is 3.80. The topological polar surface area (TPSA) is 87.0 Å². The van der Waals surface area contributed by atoms with Crippen LogP contribution in [0.1, 0.15) is 5.56 Å². The minimum Gasteiger partial charge on any atom is -0.497 e. The molecule has 0 amide bonds. The molecule has 0 saturated carbocycles. The highest BCUT2D eigenvalue weighted by molar-refractivity contribution is 7.23. The number of anilines is 1. The van der Waals surface area contributed by atoms with Crippen molar-refractivity contribution in [3.63, 3.8) is 0 Å². The molecule has 5 rings (SSSR count). The number of benzene rings is 3. The predicted octanol–water partition coefficient (Wildman–Crippen LogP) is 4.35. The van der Waals surface area contributed by atoms with Gasteiger partial charge in [0, 0.05) is 0 Å². The molecule has 8 heteroatoms. The second kappa shape index (κ2) is 8.08. The zero-order chi connectivity index (χ0) is 21.2. The first-order chi connectivity index (χ1) is 15.2. The fraction of sp³-hybridized carbons (Fsp3) is 0.0870. The Balaban J connectivity index is 1.63. The van der Waals surface area contributed by atoms with Gasteiger partial charge in [0.15, 0.2) is 0 Å². The number of aromatic nitrogens is 3. The average molecular weight is 430 g/mol. The Hall–Kier alpha value is -3.91. The van der Waals surface area contributed by atoms with Crippen molar-refractivity contribution in [2.24, 2.45) is 4.99 Å². The van der Waals surface area contributed by atoms with Crippen LogP contribution in [0.5, 0.6) is 11.5 Å². The first-order valence-electron chi connectivity index (χ1n) is 9.64. The molecule has 3 aromatic carbocycles. The van der Waals surface area contributed by atoms with E-state index in [2.05, 4.69) is 9.97 Å². The van der Waals surface area contributed by atoms with E-state index in [-0.39, 0.29) is 5.95 Å². The number of nitrogens with two attached hydrogens (primary N) is 1. The van der Waals surface area contributed by atoms with Crippen molar-refractivity contribution in [2.45, 2.75) is 6.61 Å². The fourth-order valence-electron chi connectivity index (χ4n) is 3.27. The summed E-state index contributed by atoms with van der Waals surface area (Å²) in [6, 6.07) is 23.5. The van der Waals surface area contributed by atoms with Gasteiger partial charge in [-0.25, -0.2) is 4.99 Å². The molecule has 2 heterocycles. The third-order valence-electron chi connectivity index (χ3n) is 4.75. The van der Waals surface area contributed by atoms with Crippen LogP contribution in [-0.2, 0) is 6.61 Å². The van der Waals surface area contributed by atoms with Gasteiger partial charge in [0.25, 0.3) is 0 Å². The molecule has 0 aliphatic carbocycles. The molecule has 7 nitrogen and oxygen atoms in total. The minimum absolute atomic E-state index is 0.167. The quantitative estimate of drug-likeness (QED) is 0.449. The molecule has 0 fully saturated rings. The lowest BCUT2D eigenvalue weighted by atomic mass is 10.2. The molecule has 0 aliphatic rings. The minimum atomic E-state index is 0.167. The second-order valence-corrected chi connectivity index (χ2v) is 7.80. The Morgan fingerprint density at radius 2 is 1.81 bits per heavy atom. The van der Waals surface area contributed by atoms with E-state index in [1.165, 1.54) is 11.3 Å². The average Bonchev–Trinajstić information content (AvgIpc) is 3.16. The number of hydrogen-bond acceptors (Lipinski definition) is 7. The number of methoxy groups -OCH3 is 1. The van der Waals surface area contributed by atoms with E-state index in [1.54, 1.807) is 7.11 Å². The van der Waals surface area contributed by atoms with E-state index in [0.29, 0.717) is 28.6 Å². The van der Waals surface area contributed by atoms with Crippen LogP contribution in [0.15, 0.2) is 77.8 Å². The van der Waals surface area contributed by atoms with E-state index < -0.39 is 0 Å². The van der Waals surface area contributed by atoms with Crippen LogP contribution in [0.2, 0.25) is 0 Å². The monoisotopic (exact) mass is 429 g/mol. The van der Waals surface area contributed by atoms with Gasteiger partial charge in [0.2, 0.25) is 16.5 Å². The summed E-state index contributed by atoms with van der Waals surface area (Å²) in [6.45, 7) is 0.447. The third-order valence-corrected chi connectivity index (χ3v) is 5.75.